The van der Waals surface area contributed by atoms with Crippen molar-refractivity contribution in [3.8, 4) is 11.4 Å². The first-order chi connectivity index (χ1) is 20.4. The van der Waals surface area contributed by atoms with E-state index in [4.69, 9.17) is 14.8 Å². The second-order valence-corrected chi connectivity index (χ2v) is 11.0. The highest BCUT2D eigenvalue weighted by Crippen LogP contribution is 2.32. The standard InChI is InChI=1S/C33H29N5O3S/c1-20-27(22(3)38(36-20)25-13-9-6-10-14-25)19-28-32(40)37-30(23-15-17-26(41-4)18-16-23)29(21(2)34-33(37)42-28)31(39)35-24-11-7-5-8-12-24/h5-19,30H,1-4H3,(H,35,39)/b28-19+/t30-/m1/s1. The zero-order valence-electron chi connectivity index (χ0n) is 23.7. The van der Waals surface area contributed by atoms with Crippen LogP contribution in [0.15, 0.2) is 106 Å². The van der Waals surface area contributed by atoms with Crippen LogP contribution in [0.3, 0.4) is 0 Å². The Hall–Kier alpha value is -5.02. The third kappa shape index (κ3) is 4.88. The van der Waals surface area contributed by atoms with Gasteiger partial charge in [0, 0.05) is 16.9 Å². The highest BCUT2D eigenvalue weighted by Gasteiger charge is 2.32. The van der Waals surface area contributed by atoms with Crippen LogP contribution in [0.25, 0.3) is 11.8 Å². The number of nitrogens with one attached hydrogen (secondary N) is 1. The van der Waals surface area contributed by atoms with Gasteiger partial charge < -0.3 is 10.1 Å². The van der Waals surface area contributed by atoms with Crippen LogP contribution >= 0.6 is 11.3 Å². The summed E-state index contributed by atoms with van der Waals surface area (Å²) < 4.78 is 9.38. The van der Waals surface area contributed by atoms with Gasteiger partial charge in [-0.15, -0.1) is 0 Å². The molecule has 1 aliphatic heterocycles. The molecule has 42 heavy (non-hydrogen) atoms. The second-order valence-electron chi connectivity index (χ2n) is 10.0. The van der Waals surface area contributed by atoms with Crippen LogP contribution in [-0.2, 0) is 4.79 Å². The van der Waals surface area contributed by atoms with Crippen molar-refractivity contribution in [2.45, 2.75) is 26.8 Å². The number of hydrogen-bond donors (Lipinski definition) is 1. The minimum atomic E-state index is -0.674. The van der Waals surface area contributed by atoms with Crippen LogP contribution in [0.4, 0.5) is 5.69 Å². The zero-order valence-corrected chi connectivity index (χ0v) is 24.5. The van der Waals surface area contributed by atoms with E-state index in [0.29, 0.717) is 32.0 Å². The molecule has 3 heterocycles. The van der Waals surface area contributed by atoms with Crippen LogP contribution in [0.1, 0.15) is 35.5 Å². The van der Waals surface area contributed by atoms with Crippen LogP contribution in [0.2, 0.25) is 0 Å². The first-order valence-electron chi connectivity index (χ1n) is 13.5. The molecule has 8 nitrogen and oxygen atoms in total. The number of anilines is 1. The van der Waals surface area contributed by atoms with E-state index in [0.717, 1.165) is 28.2 Å². The molecule has 0 saturated heterocycles. The smallest absolute Gasteiger partial charge is 0.271 e. The Kier molecular flexibility index (Phi) is 7.18. The quantitative estimate of drug-likeness (QED) is 0.318. The monoisotopic (exact) mass is 575 g/mol. The van der Waals surface area contributed by atoms with E-state index in [-0.39, 0.29) is 11.5 Å². The van der Waals surface area contributed by atoms with E-state index < -0.39 is 6.04 Å². The number of carbonyl (C=O) groups is 1. The van der Waals surface area contributed by atoms with Gasteiger partial charge in [-0.2, -0.15) is 5.10 Å². The van der Waals surface area contributed by atoms with Crippen LogP contribution in [0.5, 0.6) is 5.75 Å². The summed E-state index contributed by atoms with van der Waals surface area (Å²) in [5, 5.41) is 7.72. The van der Waals surface area contributed by atoms with Crippen molar-refractivity contribution in [1.29, 1.82) is 0 Å². The van der Waals surface area contributed by atoms with Gasteiger partial charge in [-0.3, -0.25) is 14.2 Å². The first kappa shape index (κ1) is 27.2. The molecule has 0 fully saturated rings. The lowest BCUT2D eigenvalue weighted by Crippen LogP contribution is -2.40. The van der Waals surface area contributed by atoms with Gasteiger partial charge in [0.15, 0.2) is 4.80 Å². The van der Waals surface area contributed by atoms with Crippen molar-refractivity contribution < 1.29 is 9.53 Å². The number of thiazole rings is 1. The molecular weight excluding hydrogens is 546 g/mol. The van der Waals surface area contributed by atoms with Gasteiger partial charge in [-0.25, -0.2) is 9.67 Å². The first-order valence-corrected chi connectivity index (χ1v) is 14.3. The molecule has 0 aliphatic carbocycles. The van der Waals surface area contributed by atoms with Crippen molar-refractivity contribution >= 4 is 29.0 Å². The van der Waals surface area contributed by atoms with Crippen molar-refractivity contribution in [3.63, 3.8) is 0 Å². The maximum absolute atomic E-state index is 14.1. The summed E-state index contributed by atoms with van der Waals surface area (Å²) in [6, 6.07) is 25.9. The Morgan fingerprint density at radius 2 is 1.62 bits per heavy atom. The number of para-hydroxylation sites is 2. The number of hydrogen-bond acceptors (Lipinski definition) is 6. The molecule has 6 rings (SSSR count). The molecule has 1 atom stereocenters. The average Bonchev–Trinajstić information content (AvgIpc) is 3.47. The Labute approximate surface area is 246 Å². The van der Waals surface area contributed by atoms with Crippen molar-refractivity contribution in [2.75, 3.05) is 12.4 Å². The average molecular weight is 576 g/mol. The van der Waals surface area contributed by atoms with E-state index in [2.05, 4.69) is 5.32 Å². The summed E-state index contributed by atoms with van der Waals surface area (Å²) in [7, 11) is 1.60. The highest BCUT2D eigenvalue weighted by molar-refractivity contribution is 7.07. The molecule has 9 heteroatoms. The summed E-state index contributed by atoms with van der Waals surface area (Å²) in [6.07, 6.45) is 1.88. The number of rotatable bonds is 6. The highest BCUT2D eigenvalue weighted by atomic mass is 32.1. The van der Waals surface area contributed by atoms with Gasteiger partial charge in [0.25, 0.3) is 11.5 Å². The number of fused-ring (bicyclic) bond motifs is 1. The van der Waals surface area contributed by atoms with E-state index in [1.165, 1.54) is 11.3 Å². The number of amides is 1. The summed E-state index contributed by atoms with van der Waals surface area (Å²) in [6.45, 7) is 5.74. The normalized spacial score (nSPS) is 14.9. The summed E-state index contributed by atoms with van der Waals surface area (Å²) in [5.41, 5.74) is 5.75. The molecule has 3 aromatic carbocycles. The molecule has 1 N–H and O–H groups in total. The molecule has 1 amide bonds. The number of carbonyl (C=O) groups excluding carboxylic acids is 1. The number of nitrogens with zero attached hydrogens (tertiary/aromatic N) is 4. The van der Waals surface area contributed by atoms with E-state index >= 15 is 0 Å². The van der Waals surface area contributed by atoms with Gasteiger partial charge >= 0.3 is 0 Å². The number of allylic oxidation sites excluding steroid dienone is 1. The van der Waals surface area contributed by atoms with Crippen molar-refractivity contribution in [1.82, 2.24) is 14.3 Å². The number of ether oxygens (including phenoxy) is 1. The number of aromatic nitrogens is 3. The SMILES string of the molecule is COc1ccc([C@@H]2C(C(=O)Nc3ccccc3)=C(C)N=c3s/c(=C/c4c(C)nn(-c5ccccc5)c4C)c(=O)n32)cc1. The van der Waals surface area contributed by atoms with Crippen LogP contribution in [-0.4, -0.2) is 27.4 Å². The molecule has 1 aliphatic rings. The summed E-state index contributed by atoms with van der Waals surface area (Å²) in [5.74, 6) is 0.372. The molecule has 5 aromatic rings. The minimum absolute atomic E-state index is 0.219. The Balaban J connectivity index is 1.50. The molecule has 2 aromatic heterocycles. The lowest BCUT2D eigenvalue weighted by atomic mass is 9.95. The predicted octanol–water partition coefficient (Wildman–Crippen LogP) is 4.69. The number of benzene rings is 3. The lowest BCUT2D eigenvalue weighted by molar-refractivity contribution is -0.113. The molecule has 0 spiro atoms. The lowest BCUT2D eigenvalue weighted by Gasteiger charge is -2.25. The fourth-order valence-corrected chi connectivity index (χ4v) is 6.28. The van der Waals surface area contributed by atoms with E-state index in [1.54, 1.807) is 11.7 Å². The maximum Gasteiger partial charge on any atom is 0.271 e. The van der Waals surface area contributed by atoms with Gasteiger partial charge in [-0.05, 0) is 68.8 Å². The van der Waals surface area contributed by atoms with Gasteiger partial charge in [-0.1, -0.05) is 59.9 Å². The van der Waals surface area contributed by atoms with E-state index in [1.807, 2.05) is 116 Å². The topological polar surface area (TPSA) is 90.5 Å². The van der Waals surface area contributed by atoms with Gasteiger partial charge in [0.1, 0.15) is 5.75 Å². The van der Waals surface area contributed by atoms with Crippen LogP contribution in [0, 0.1) is 13.8 Å². The number of methoxy groups -OCH3 is 1. The van der Waals surface area contributed by atoms with Crippen molar-refractivity contribution in [3.05, 3.63) is 138 Å². The van der Waals surface area contributed by atoms with E-state index in [9.17, 15) is 9.59 Å². The maximum atomic E-state index is 14.1. The van der Waals surface area contributed by atoms with Gasteiger partial charge in [0.05, 0.1) is 40.3 Å². The second kappa shape index (κ2) is 11.1. The molecule has 0 bridgehead atoms. The minimum Gasteiger partial charge on any atom is -0.497 e. The van der Waals surface area contributed by atoms with Crippen molar-refractivity contribution in [2.24, 2.45) is 4.99 Å². The molecule has 0 saturated carbocycles. The Morgan fingerprint density at radius 3 is 2.29 bits per heavy atom. The summed E-state index contributed by atoms with van der Waals surface area (Å²) in [4.78, 5) is 33.2. The third-order valence-corrected chi connectivity index (χ3v) is 8.34. The fraction of sp³-hybridized carbons (Fsp3) is 0.152. The zero-order chi connectivity index (χ0) is 29.4. The predicted molar refractivity (Wildman–Crippen MR) is 165 cm³/mol. The summed E-state index contributed by atoms with van der Waals surface area (Å²) >= 11 is 1.31. The number of aryl methyl sites for hydroxylation is 1. The fourth-order valence-electron chi connectivity index (χ4n) is 5.25. The van der Waals surface area contributed by atoms with Crippen LogP contribution < -0.4 is 24.9 Å². The Bertz CT molecular complexity index is 2000. The molecule has 0 unspecified atom stereocenters. The Morgan fingerprint density at radius 1 is 0.952 bits per heavy atom. The largest absolute Gasteiger partial charge is 0.497 e. The molecule has 210 valence electrons. The van der Waals surface area contributed by atoms with Gasteiger partial charge in [0.2, 0.25) is 0 Å². The molecule has 0 radical (unpaired) electrons. The third-order valence-electron chi connectivity index (χ3n) is 7.35. The molecular formula is C33H29N5O3S.